The average Bonchev–Trinajstić information content (AvgIpc) is 3.42. The van der Waals surface area contributed by atoms with Crippen LogP contribution in [0.3, 0.4) is 0 Å². The first-order valence-electron chi connectivity index (χ1n) is 31.9. The van der Waals surface area contributed by atoms with Crippen molar-refractivity contribution in [2.24, 2.45) is 0 Å². The van der Waals surface area contributed by atoms with E-state index in [9.17, 15) is 14.4 Å². The minimum absolute atomic E-state index is 0.0981. The van der Waals surface area contributed by atoms with Crippen molar-refractivity contribution in [1.82, 2.24) is 0 Å². The van der Waals surface area contributed by atoms with E-state index < -0.39 is 12.1 Å². The molecule has 0 aliphatic carbocycles. The molecule has 6 nitrogen and oxygen atoms in total. The number of hydrogen-bond donors (Lipinski definition) is 0. The van der Waals surface area contributed by atoms with E-state index in [1.54, 1.807) is 6.08 Å². The molecule has 0 saturated carbocycles. The molecule has 0 radical (unpaired) electrons. The van der Waals surface area contributed by atoms with Crippen LogP contribution in [0, 0.1) is 0 Å². The molecule has 0 aliphatic rings. The van der Waals surface area contributed by atoms with Gasteiger partial charge < -0.3 is 14.2 Å². The zero-order valence-electron chi connectivity index (χ0n) is 49.7. The number of carbonyl (C=O) groups is 3. The highest BCUT2D eigenvalue weighted by molar-refractivity contribution is 5.72. The number of esters is 3. The standard InChI is InChI=1S/C70H118O6/c1-4-7-10-13-16-19-22-24-26-27-28-29-30-31-32-33-34-35-36-37-38-39-40-41-42-43-45-46-48-51-54-57-60-63-69(72)75-66-67(65-74-68(71)62-59-56-53-50-21-18-15-12-9-6-3)76-70(73)64-61-58-55-52-49-47-44-25-23-20-17-14-11-8-5-2/h7-8,10-11,16-17,19-20,24-26,28-29,44,49,52,58,61,67H,4-6,9,12-15,18,21-23,27,30-43,45-48,50-51,53-57,59-60,62-66H2,1-3H3/b10-7-,11-8-,19-16-,20-17-,26-24-,29-28-,44-25-,52-49-,61-58-. The molecule has 1 unspecified atom stereocenters. The molecule has 0 saturated heterocycles. The van der Waals surface area contributed by atoms with E-state index in [4.69, 9.17) is 14.2 Å². The Morgan fingerprint density at radius 3 is 0.868 bits per heavy atom. The lowest BCUT2D eigenvalue weighted by Gasteiger charge is -2.18. The molecule has 76 heavy (non-hydrogen) atoms. The number of allylic oxidation sites excluding steroid dienone is 17. The van der Waals surface area contributed by atoms with Crippen molar-refractivity contribution in [3.8, 4) is 0 Å². The Bertz CT molecular complexity index is 1540. The highest BCUT2D eigenvalue weighted by Crippen LogP contribution is 2.17. The number of carbonyl (C=O) groups excluding carboxylic acids is 3. The van der Waals surface area contributed by atoms with Gasteiger partial charge in [-0.25, -0.2) is 0 Å². The van der Waals surface area contributed by atoms with Crippen molar-refractivity contribution in [3.05, 3.63) is 109 Å². The normalized spacial score (nSPS) is 12.8. The summed E-state index contributed by atoms with van der Waals surface area (Å²) in [6.45, 7) is 6.33. The fraction of sp³-hybridized carbons (Fsp3) is 0.700. The summed E-state index contributed by atoms with van der Waals surface area (Å²) in [4.78, 5) is 38.1. The maximum Gasteiger partial charge on any atom is 0.310 e. The van der Waals surface area contributed by atoms with Gasteiger partial charge in [0.1, 0.15) is 13.2 Å². The third-order valence-corrected chi connectivity index (χ3v) is 13.6. The first-order chi connectivity index (χ1) is 37.5. The smallest absolute Gasteiger partial charge is 0.310 e. The molecule has 0 bridgehead atoms. The van der Waals surface area contributed by atoms with Crippen LogP contribution < -0.4 is 0 Å². The maximum absolute atomic E-state index is 12.8. The molecule has 1 atom stereocenters. The molecule has 0 aliphatic heterocycles. The molecule has 0 spiro atoms. The summed E-state index contributed by atoms with van der Waals surface area (Å²) in [5.41, 5.74) is 0. The van der Waals surface area contributed by atoms with Crippen LogP contribution in [0.15, 0.2) is 109 Å². The molecular weight excluding hydrogens is 937 g/mol. The van der Waals surface area contributed by atoms with Gasteiger partial charge in [0, 0.05) is 12.8 Å². The highest BCUT2D eigenvalue weighted by atomic mass is 16.6. The van der Waals surface area contributed by atoms with Gasteiger partial charge in [-0.3, -0.25) is 14.4 Å². The Labute approximate surface area is 470 Å². The summed E-state index contributed by atoms with van der Waals surface area (Å²) >= 11 is 0. The van der Waals surface area contributed by atoms with Crippen LogP contribution in [-0.2, 0) is 28.6 Å². The first-order valence-corrected chi connectivity index (χ1v) is 31.9. The molecule has 0 aromatic rings. The SMILES string of the molecule is CC/C=C\C/C=C\C/C=C\C/C=C\C/C=C\CC(=O)OC(COC(=O)CCCCCCCCCCCC)COC(=O)CCCCCCCCCCCCCCCCCCCCCC/C=C\C/C=C\C/C=C\C/C=C\CC. The van der Waals surface area contributed by atoms with Gasteiger partial charge in [0.05, 0.1) is 6.42 Å². The topological polar surface area (TPSA) is 78.9 Å². The number of rotatable bonds is 57. The summed E-state index contributed by atoms with van der Waals surface area (Å²) < 4.78 is 16.7. The zero-order valence-corrected chi connectivity index (χ0v) is 49.7. The largest absolute Gasteiger partial charge is 0.462 e. The molecular formula is C70H118O6. The van der Waals surface area contributed by atoms with E-state index in [0.717, 1.165) is 96.3 Å². The number of ether oxygens (including phenoxy) is 3. The molecule has 434 valence electrons. The lowest BCUT2D eigenvalue weighted by Crippen LogP contribution is -2.30. The van der Waals surface area contributed by atoms with Gasteiger partial charge in [0.2, 0.25) is 0 Å². The van der Waals surface area contributed by atoms with Crippen molar-refractivity contribution >= 4 is 17.9 Å². The molecule has 0 amide bonds. The van der Waals surface area contributed by atoms with Crippen LogP contribution in [-0.4, -0.2) is 37.2 Å². The molecule has 0 aromatic carbocycles. The van der Waals surface area contributed by atoms with Gasteiger partial charge >= 0.3 is 17.9 Å². The minimum Gasteiger partial charge on any atom is -0.462 e. The van der Waals surface area contributed by atoms with Crippen molar-refractivity contribution in [1.29, 1.82) is 0 Å². The van der Waals surface area contributed by atoms with E-state index in [2.05, 4.69) is 118 Å². The van der Waals surface area contributed by atoms with Crippen molar-refractivity contribution in [2.75, 3.05) is 13.2 Å². The van der Waals surface area contributed by atoms with Gasteiger partial charge in [-0.05, 0) is 83.5 Å². The molecule has 0 rings (SSSR count). The zero-order chi connectivity index (χ0) is 55.0. The third kappa shape index (κ3) is 60.9. The predicted molar refractivity (Wildman–Crippen MR) is 330 cm³/mol. The summed E-state index contributed by atoms with van der Waals surface area (Å²) in [6, 6.07) is 0. The van der Waals surface area contributed by atoms with Gasteiger partial charge in [0.15, 0.2) is 6.10 Å². The van der Waals surface area contributed by atoms with E-state index in [1.165, 1.54) is 161 Å². The molecule has 0 heterocycles. The summed E-state index contributed by atoms with van der Waals surface area (Å²) in [6.07, 6.45) is 87.2. The van der Waals surface area contributed by atoms with E-state index >= 15 is 0 Å². The lowest BCUT2D eigenvalue weighted by molar-refractivity contribution is -0.166. The Hall–Kier alpha value is -3.93. The summed E-state index contributed by atoms with van der Waals surface area (Å²) in [5.74, 6) is -1.04. The quantitative estimate of drug-likeness (QED) is 0.0261. The summed E-state index contributed by atoms with van der Waals surface area (Å²) in [7, 11) is 0. The van der Waals surface area contributed by atoms with Crippen LogP contribution in [0.1, 0.15) is 297 Å². The fourth-order valence-electron chi connectivity index (χ4n) is 8.86. The first kappa shape index (κ1) is 72.1. The second-order valence-electron chi connectivity index (χ2n) is 20.9. The Morgan fingerprint density at radius 1 is 0.289 bits per heavy atom. The van der Waals surface area contributed by atoms with Gasteiger partial charge in [0.25, 0.3) is 0 Å². The monoisotopic (exact) mass is 1050 g/mol. The number of hydrogen-bond acceptors (Lipinski definition) is 6. The van der Waals surface area contributed by atoms with Crippen molar-refractivity contribution in [3.63, 3.8) is 0 Å². The van der Waals surface area contributed by atoms with E-state index in [-0.39, 0.29) is 31.6 Å². The fourth-order valence-corrected chi connectivity index (χ4v) is 8.86. The molecule has 0 fully saturated rings. The van der Waals surface area contributed by atoms with Crippen LogP contribution in [0.25, 0.3) is 0 Å². The second kappa shape index (κ2) is 63.6. The Balaban J connectivity index is 4.13. The third-order valence-electron chi connectivity index (χ3n) is 13.6. The van der Waals surface area contributed by atoms with Crippen LogP contribution in [0.5, 0.6) is 0 Å². The predicted octanol–water partition coefficient (Wildman–Crippen LogP) is 21.8. The molecule has 6 heteroatoms. The minimum atomic E-state index is -0.829. The lowest BCUT2D eigenvalue weighted by atomic mass is 10.0. The summed E-state index contributed by atoms with van der Waals surface area (Å²) in [5, 5.41) is 0. The average molecular weight is 1060 g/mol. The van der Waals surface area contributed by atoms with E-state index in [1.807, 2.05) is 6.08 Å². The number of unbranched alkanes of at least 4 members (excludes halogenated alkanes) is 29. The van der Waals surface area contributed by atoms with Crippen LogP contribution in [0.4, 0.5) is 0 Å². The Morgan fingerprint density at radius 2 is 0.553 bits per heavy atom. The van der Waals surface area contributed by atoms with Crippen LogP contribution in [0.2, 0.25) is 0 Å². The Kier molecular flexibility index (Phi) is 60.3. The van der Waals surface area contributed by atoms with E-state index in [0.29, 0.717) is 12.8 Å². The van der Waals surface area contributed by atoms with Gasteiger partial charge in [-0.2, -0.15) is 0 Å². The molecule has 0 aromatic heterocycles. The van der Waals surface area contributed by atoms with Gasteiger partial charge in [-0.1, -0.05) is 304 Å². The van der Waals surface area contributed by atoms with Gasteiger partial charge in [-0.15, -0.1) is 0 Å². The maximum atomic E-state index is 12.8. The molecule has 0 N–H and O–H groups in total. The van der Waals surface area contributed by atoms with Crippen molar-refractivity contribution in [2.45, 2.75) is 303 Å². The van der Waals surface area contributed by atoms with Crippen LogP contribution >= 0.6 is 0 Å². The van der Waals surface area contributed by atoms with Crippen molar-refractivity contribution < 1.29 is 28.6 Å². The second-order valence-corrected chi connectivity index (χ2v) is 20.9. The highest BCUT2D eigenvalue weighted by Gasteiger charge is 2.19.